The van der Waals surface area contributed by atoms with Crippen molar-refractivity contribution in [2.75, 3.05) is 6.61 Å². The Balaban J connectivity index is 0. The van der Waals surface area contributed by atoms with Crippen molar-refractivity contribution in [2.24, 2.45) is 0 Å². The lowest BCUT2D eigenvalue weighted by atomic mass is 10.2. The fourth-order valence-electron chi connectivity index (χ4n) is 0.887. The lowest BCUT2D eigenvalue weighted by Crippen LogP contribution is -2.06. The minimum Gasteiger partial charge on any atom is -0.481 e. The van der Waals surface area contributed by atoms with Gasteiger partial charge in [0.1, 0.15) is 6.61 Å². The van der Waals surface area contributed by atoms with Crippen LogP contribution in [0.15, 0.2) is 74.9 Å². The quantitative estimate of drug-likeness (QED) is 0.492. The Kier molecular flexibility index (Phi) is 15.7. The number of aliphatic carboxylic acids is 1. The third kappa shape index (κ3) is 17.1. The predicted octanol–water partition coefficient (Wildman–Crippen LogP) is 3.88. The number of hydrogen-bond donors (Lipinski definition) is 1. The van der Waals surface area contributed by atoms with Crippen molar-refractivity contribution in [3.8, 4) is 0 Å². The molecule has 0 spiro atoms. The summed E-state index contributed by atoms with van der Waals surface area (Å²) in [6.45, 7) is 13.4. The largest absolute Gasteiger partial charge is 0.481 e. The number of rotatable bonds is 6. The van der Waals surface area contributed by atoms with E-state index in [2.05, 4.69) is 31.1 Å². The van der Waals surface area contributed by atoms with Gasteiger partial charge in [0.25, 0.3) is 0 Å². The van der Waals surface area contributed by atoms with Gasteiger partial charge in [0.15, 0.2) is 0 Å². The zero-order chi connectivity index (χ0) is 17.2. The molecule has 4 nitrogen and oxygen atoms in total. The Morgan fingerprint density at radius 1 is 1.05 bits per heavy atom. The minimum atomic E-state index is -0.989. The van der Waals surface area contributed by atoms with Crippen LogP contribution in [0, 0.1) is 0 Å². The first-order valence-electron chi connectivity index (χ1n) is 6.43. The number of carboxylic acids is 1. The maximum absolute atomic E-state index is 10.3. The van der Waals surface area contributed by atoms with Crippen LogP contribution in [-0.2, 0) is 14.3 Å². The molecule has 0 atom stereocenters. The maximum atomic E-state index is 10.3. The summed E-state index contributed by atoms with van der Waals surface area (Å²) in [6.07, 6.45) is 5.93. The van der Waals surface area contributed by atoms with Gasteiger partial charge in [0, 0.05) is 6.08 Å². The summed E-state index contributed by atoms with van der Waals surface area (Å²) in [5.74, 6) is -1.59. The molecule has 0 aliphatic rings. The van der Waals surface area contributed by atoms with E-state index in [1.54, 1.807) is 12.2 Å². The topological polar surface area (TPSA) is 63.6 Å². The first-order chi connectivity index (χ1) is 10.5. The van der Waals surface area contributed by atoms with Crippen LogP contribution in [0.4, 0.5) is 0 Å². The number of carbonyl (C=O) groups excluding carboxylic acids is 1. The molecule has 0 aliphatic heterocycles. The predicted molar refractivity (Wildman–Crippen MR) is 90.3 cm³/mol. The third-order valence-electron chi connectivity index (χ3n) is 1.93. The zero-order valence-corrected chi connectivity index (χ0v) is 12.6. The number of esters is 1. The van der Waals surface area contributed by atoms with Gasteiger partial charge in [-0.1, -0.05) is 74.9 Å². The number of carboxylic acid groups (broad SMARTS) is 1. The van der Waals surface area contributed by atoms with Crippen molar-refractivity contribution >= 4 is 18.0 Å². The van der Waals surface area contributed by atoms with Gasteiger partial charge in [0.05, 0.1) is 6.42 Å². The van der Waals surface area contributed by atoms with E-state index >= 15 is 0 Å². The zero-order valence-electron chi connectivity index (χ0n) is 12.6. The van der Waals surface area contributed by atoms with Gasteiger partial charge in [-0.3, -0.25) is 4.79 Å². The van der Waals surface area contributed by atoms with Gasteiger partial charge in [0.2, 0.25) is 0 Å². The molecule has 0 amide bonds. The highest BCUT2D eigenvalue weighted by Crippen LogP contribution is 1.97. The first kappa shape index (κ1) is 21.4. The van der Waals surface area contributed by atoms with Crippen molar-refractivity contribution in [1.29, 1.82) is 0 Å². The van der Waals surface area contributed by atoms with E-state index in [0.29, 0.717) is 0 Å². The molecule has 118 valence electrons. The van der Waals surface area contributed by atoms with E-state index in [1.165, 1.54) is 5.56 Å². The highest BCUT2D eigenvalue weighted by molar-refractivity contribution is 5.81. The Hall–Kier alpha value is -2.88. The number of allylic oxidation sites excluding steroid dienone is 2. The first-order valence-corrected chi connectivity index (χ1v) is 6.43. The van der Waals surface area contributed by atoms with E-state index < -0.39 is 11.9 Å². The molecule has 0 aliphatic carbocycles. The van der Waals surface area contributed by atoms with Gasteiger partial charge in [-0.15, -0.1) is 0 Å². The van der Waals surface area contributed by atoms with Crippen LogP contribution >= 0.6 is 0 Å². The van der Waals surface area contributed by atoms with Crippen molar-refractivity contribution in [2.45, 2.75) is 6.42 Å². The average Bonchev–Trinajstić information content (AvgIpc) is 2.55. The molecule has 0 heterocycles. The molecule has 0 saturated carbocycles. The molecule has 0 fully saturated rings. The molecule has 0 saturated heterocycles. The summed E-state index contributed by atoms with van der Waals surface area (Å²) in [6, 6.07) is 10.0. The second-order valence-corrected chi connectivity index (χ2v) is 3.60. The summed E-state index contributed by atoms with van der Waals surface area (Å²) in [5.41, 5.74) is 1.17. The van der Waals surface area contributed by atoms with Crippen LogP contribution in [0.1, 0.15) is 12.0 Å². The van der Waals surface area contributed by atoms with Crippen LogP contribution in [0.2, 0.25) is 0 Å². The van der Waals surface area contributed by atoms with Crippen molar-refractivity contribution in [3.05, 3.63) is 80.4 Å². The van der Waals surface area contributed by atoms with Gasteiger partial charge in [-0.25, -0.2) is 4.79 Å². The van der Waals surface area contributed by atoms with E-state index in [-0.39, 0.29) is 13.0 Å². The van der Waals surface area contributed by atoms with Gasteiger partial charge < -0.3 is 9.84 Å². The minimum absolute atomic E-state index is 0.0970. The molecular weight excluding hydrogens is 280 g/mol. The fourth-order valence-corrected chi connectivity index (χ4v) is 0.887. The molecular formula is C18H22O4. The number of benzene rings is 1. The second kappa shape index (κ2) is 16.2. The van der Waals surface area contributed by atoms with Crippen LogP contribution in [-0.4, -0.2) is 23.7 Å². The molecule has 0 unspecified atom stereocenters. The standard InChI is InChI=1S/C8H8.C6H8O4.C4H6/c1-2-8-6-4-3-5-7-8;1-2-6(9)10-4-3-5(7)8;1-3-4-2/h2-7H,1H2;2H,1,3-4H2,(H,7,8);3-4H,1-2H2. The summed E-state index contributed by atoms with van der Waals surface area (Å²) in [5, 5.41) is 8.08. The number of ether oxygens (including phenoxy) is 1. The molecule has 0 radical (unpaired) electrons. The maximum Gasteiger partial charge on any atom is 0.330 e. The summed E-state index contributed by atoms with van der Waals surface area (Å²) in [7, 11) is 0. The lowest BCUT2D eigenvalue weighted by Gasteiger charge is -1.96. The number of carbonyl (C=O) groups is 2. The molecule has 1 aromatic carbocycles. The summed E-state index contributed by atoms with van der Waals surface area (Å²) in [4.78, 5) is 20.1. The lowest BCUT2D eigenvalue weighted by molar-refractivity contribution is -0.142. The Bertz CT molecular complexity index is 469. The van der Waals surface area contributed by atoms with E-state index in [1.807, 2.05) is 36.4 Å². The third-order valence-corrected chi connectivity index (χ3v) is 1.93. The second-order valence-electron chi connectivity index (χ2n) is 3.60. The smallest absolute Gasteiger partial charge is 0.330 e. The van der Waals surface area contributed by atoms with Crippen LogP contribution < -0.4 is 0 Å². The fraction of sp³-hybridized carbons (Fsp3) is 0.111. The van der Waals surface area contributed by atoms with E-state index in [9.17, 15) is 9.59 Å². The molecule has 0 bridgehead atoms. The summed E-state index contributed by atoms with van der Waals surface area (Å²) >= 11 is 0. The highest BCUT2D eigenvalue weighted by atomic mass is 16.5. The normalized spacial score (nSPS) is 7.82. The molecule has 4 heteroatoms. The van der Waals surface area contributed by atoms with Crippen molar-refractivity contribution < 1.29 is 19.4 Å². The molecule has 1 rings (SSSR count). The molecule has 1 aromatic rings. The van der Waals surface area contributed by atoms with Gasteiger partial charge >= 0.3 is 11.9 Å². The Labute approximate surface area is 131 Å². The van der Waals surface area contributed by atoms with Gasteiger partial charge in [-0.05, 0) is 5.56 Å². The van der Waals surface area contributed by atoms with Crippen LogP contribution in [0.25, 0.3) is 6.08 Å². The van der Waals surface area contributed by atoms with Crippen molar-refractivity contribution in [3.63, 3.8) is 0 Å². The van der Waals surface area contributed by atoms with E-state index in [4.69, 9.17) is 5.11 Å². The van der Waals surface area contributed by atoms with Crippen LogP contribution in [0.3, 0.4) is 0 Å². The molecule has 0 aromatic heterocycles. The molecule has 1 N–H and O–H groups in total. The van der Waals surface area contributed by atoms with Crippen LogP contribution in [0.5, 0.6) is 0 Å². The Morgan fingerprint density at radius 3 is 1.91 bits per heavy atom. The highest BCUT2D eigenvalue weighted by Gasteiger charge is 1.98. The monoisotopic (exact) mass is 302 g/mol. The SMILES string of the molecule is C=CC(=O)OCCC(=O)O.C=CC=C.C=Cc1ccccc1. The molecule has 22 heavy (non-hydrogen) atoms. The average molecular weight is 302 g/mol. The van der Waals surface area contributed by atoms with Crippen molar-refractivity contribution in [1.82, 2.24) is 0 Å². The van der Waals surface area contributed by atoms with E-state index in [0.717, 1.165) is 6.08 Å². The van der Waals surface area contributed by atoms with Gasteiger partial charge in [-0.2, -0.15) is 0 Å². The summed E-state index contributed by atoms with van der Waals surface area (Å²) < 4.78 is 4.36. The Morgan fingerprint density at radius 2 is 1.59 bits per heavy atom. The number of hydrogen-bond acceptors (Lipinski definition) is 3.